The van der Waals surface area contributed by atoms with Crippen molar-refractivity contribution in [3.63, 3.8) is 0 Å². The Morgan fingerprint density at radius 1 is 1.48 bits per heavy atom. The third kappa shape index (κ3) is 4.70. The molecule has 2 amide bonds. The van der Waals surface area contributed by atoms with E-state index in [4.69, 9.17) is 0 Å². The summed E-state index contributed by atoms with van der Waals surface area (Å²) < 4.78 is 37.7. The average Bonchev–Trinajstić information content (AvgIpc) is 3.00. The smallest absolute Gasteiger partial charge is 0.356 e. The van der Waals surface area contributed by atoms with Crippen LogP contribution in [0, 0.1) is 11.8 Å². The summed E-state index contributed by atoms with van der Waals surface area (Å²) in [5.74, 6) is -0.696. The van der Waals surface area contributed by atoms with Crippen LogP contribution in [-0.2, 0) is 16.1 Å². The molecule has 2 rings (SSSR count). The van der Waals surface area contributed by atoms with E-state index in [0.717, 1.165) is 4.68 Å². The maximum atomic E-state index is 12.3. The van der Waals surface area contributed by atoms with Crippen LogP contribution in [0.2, 0.25) is 0 Å². The lowest BCUT2D eigenvalue weighted by atomic mass is 10.1. The molecule has 2 heterocycles. The van der Waals surface area contributed by atoms with Crippen LogP contribution in [0.25, 0.3) is 0 Å². The first-order chi connectivity index (χ1) is 10.7. The predicted octanol–water partition coefficient (Wildman–Crippen LogP) is 1.57. The molecule has 1 aliphatic heterocycles. The number of hydrogen-bond donors (Lipinski definition) is 1. The Hall–Kier alpha value is -2.06. The molecule has 1 aromatic rings. The maximum absolute atomic E-state index is 12.3. The van der Waals surface area contributed by atoms with Gasteiger partial charge in [-0.3, -0.25) is 14.3 Å². The molecule has 0 saturated carbocycles. The fourth-order valence-electron chi connectivity index (χ4n) is 2.34. The van der Waals surface area contributed by atoms with Crippen molar-refractivity contribution in [3.05, 3.63) is 12.4 Å². The minimum Gasteiger partial charge on any atom is -0.356 e. The van der Waals surface area contributed by atoms with Crippen LogP contribution in [0.4, 0.5) is 18.9 Å². The van der Waals surface area contributed by atoms with Crippen LogP contribution in [0.5, 0.6) is 0 Å². The molecule has 0 aliphatic carbocycles. The lowest BCUT2D eigenvalue weighted by Gasteiger charge is -2.15. The first kappa shape index (κ1) is 17.3. The van der Waals surface area contributed by atoms with Gasteiger partial charge in [0.2, 0.25) is 11.8 Å². The molecule has 1 aliphatic rings. The SMILES string of the molecule is CC(C)CNC(=O)C1CC(=O)N(c2cnn(CC(F)(F)F)c2)C1. The monoisotopic (exact) mass is 332 g/mol. The molecule has 1 aromatic heterocycles. The number of anilines is 1. The highest BCUT2D eigenvalue weighted by Gasteiger charge is 2.36. The standard InChI is InChI=1S/C14H19F3N4O2/c1-9(2)4-18-13(23)10-3-12(22)21(6-10)11-5-19-20(7-11)8-14(15,16)17/h5,7,9-10H,3-4,6,8H2,1-2H3,(H,18,23). The van der Waals surface area contributed by atoms with Crippen molar-refractivity contribution in [1.29, 1.82) is 0 Å². The maximum Gasteiger partial charge on any atom is 0.408 e. The molecule has 6 nitrogen and oxygen atoms in total. The normalized spacial score (nSPS) is 18.8. The molecule has 1 saturated heterocycles. The molecule has 128 valence electrons. The molecular formula is C14H19F3N4O2. The van der Waals surface area contributed by atoms with Crippen LogP contribution in [0.1, 0.15) is 20.3 Å². The van der Waals surface area contributed by atoms with E-state index in [0.29, 0.717) is 12.5 Å². The number of nitrogens with zero attached hydrogens (tertiary/aromatic N) is 3. The molecule has 1 atom stereocenters. The van der Waals surface area contributed by atoms with E-state index in [-0.39, 0.29) is 30.5 Å². The highest BCUT2D eigenvalue weighted by atomic mass is 19.4. The number of carbonyl (C=O) groups is 2. The highest BCUT2D eigenvalue weighted by molar-refractivity contribution is 6.00. The van der Waals surface area contributed by atoms with E-state index in [2.05, 4.69) is 10.4 Å². The van der Waals surface area contributed by atoms with E-state index >= 15 is 0 Å². The van der Waals surface area contributed by atoms with Crippen LogP contribution in [-0.4, -0.2) is 40.9 Å². The van der Waals surface area contributed by atoms with Crippen molar-refractivity contribution < 1.29 is 22.8 Å². The number of hydrogen-bond acceptors (Lipinski definition) is 3. The molecule has 0 bridgehead atoms. The second-order valence-electron chi connectivity index (χ2n) is 6.06. The van der Waals surface area contributed by atoms with Gasteiger partial charge >= 0.3 is 6.18 Å². The molecule has 0 radical (unpaired) electrons. The van der Waals surface area contributed by atoms with Gasteiger partial charge in [0.05, 0.1) is 17.8 Å². The van der Waals surface area contributed by atoms with Gasteiger partial charge in [-0.15, -0.1) is 0 Å². The van der Waals surface area contributed by atoms with Gasteiger partial charge in [0, 0.05) is 25.7 Å². The molecule has 1 N–H and O–H groups in total. The molecular weight excluding hydrogens is 313 g/mol. The van der Waals surface area contributed by atoms with Crippen LogP contribution >= 0.6 is 0 Å². The van der Waals surface area contributed by atoms with Gasteiger partial charge in [-0.05, 0) is 5.92 Å². The number of alkyl halides is 3. The predicted molar refractivity (Wildman–Crippen MR) is 76.6 cm³/mol. The number of carbonyl (C=O) groups excluding carboxylic acids is 2. The Kier molecular flexibility index (Phi) is 4.96. The summed E-state index contributed by atoms with van der Waals surface area (Å²) in [6, 6.07) is 0. The lowest BCUT2D eigenvalue weighted by molar-refractivity contribution is -0.142. The summed E-state index contributed by atoms with van der Waals surface area (Å²) in [4.78, 5) is 25.3. The van der Waals surface area contributed by atoms with Crippen molar-refractivity contribution in [2.45, 2.75) is 33.0 Å². The Morgan fingerprint density at radius 2 is 2.17 bits per heavy atom. The summed E-state index contributed by atoms with van der Waals surface area (Å²) in [5, 5.41) is 6.38. The minimum atomic E-state index is -4.38. The van der Waals surface area contributed by atoms with Gasteiger partial charge in [0.25, 0.3) is 0 Å². The quantitative estimate of drug-likeness (QED) is 0.890. The van der Waals surface area contributed by atoms with Crippen LogP contribution in [0.15, 0.2) is 12.4 Å². The Morgan fingerprint density at radius 3 is 2.78 bits per heavy atom. The molecule has 1 fully saturated rings. The third-order valence-electron chi connectivity index (χ3n) is 3.45. The van der Waals surface area contributed by atoms with E-state index in [1.54, 1.807) is 0 Å². The van der Waals surface area contributed by atoms with Crippen molar-refractivity contribution in [2.24, 2.45) is 11.8 Å². The first-order valence-electron chi connectivity index (χ1n) is 7.33. The van der Waals surface area contributed by atoms with E-state index in [1.165, 1.54) is 17.3 Å². The van der Waals surface area contributed by atoms with Gasteiger partial charge in [-0.2, -0.15) is 18.3 Å². The van der Waals surface area contributed by atoms with Crippen molar-refractivity contribution in [2.75, 3.05) is 18.0 Å². The fraction of sp³-hybridized carbons (Fsp3) is 0.643. The Labute approximate surface area is 131 Å². The van der Waals surface area contributed by atoms with E-state index in [1.807, 2.05) is 13.8 Å². The zero-order chi connectivity index (χ0) is 17.2. The summed E-state index contributed by atoms with van der Waals surface area (Å²) in [6.45, 7) is 3.38. The zero-order valence-corrected chi connectivity index (χ0v) is 12.9. The molecule has 0 aromatic carbocycles. The van der Waals surface area contributed by atoms with Crippen molar-refractivity contribution >= 4 is 17.5 Å². The Balaban J connectivity index is 1.99. The largest absolute Gasteiger partial charge is 0.408 e. The van der Waals surface area contributed by atoms with Crippen molar-refractivity contribution in [1.82, 2.24) is 15.1 Å². The Bertz CT molecular complexity index is 583. The molecule has 9 heteroatoms. The average molecular weight is 332 g/mol. The second kappa shape index (κ2) is 6.59. The van der Waals surface area contributed by atoms with Gasteiger partial charge in [-0.25, -0.2) is 0 Å². The van der Waals surface area contributed by atoms with Gasteiger partial charge in [0.1, 0.15) is 6.54 Å². The van der Waals surface area contributed by atoms with E-state index < -0.39 is 18.6 Å². The first-order valence-corrected chi connectivity index (χ1v) is 7.33. The minimum absolute atomic E-state index is 0.0500. The summed E-state index contributed by atoms with van der Waals surface area (Å²) >= 11 is 0. The van der Waals surface area contributed by atoms with Gasteiger partial charge < -0.3 is 10.2 Å². The van der Waals surface area contributed by atoms with Crippen molar-refractivity contribution in [3.8, 4) is 0 Å². The molecule has 1 unspecified atom stereocenters. The summed E-state index contributed by atoms with van der Waals surface area (Å²) in [6.07, 6.45) is -1.95. The fourth-order valence-corrected chi connectivity index (χ4v) is 2.34. The third-order valence-corrected chi connectivity index (χ3v) is 3.45. The number of rotatable bonds is 5. The topological polar surface area (TPSA) is 67.2 Å². The number of aromatic nitrogens is 2. The summed E-state index contributed by atoms with van der Waals surface area (Å²) in [5.41, 5.74) is 0.276. The number of amides is 2. The number of halogens is 3. The molecule has 23 heavy (non-hydrogen) atoms. The second-order valence-corrected chi connectivity index (χ2v) is 6.06. The number of nitrogens with one attached hydrogen (secondary N) is 1. The summed E-state index contributed by atoms with van der Waals surface area (Å²) in [7, 11) is 0. The van der Waals surface area contributed by atoms with Crippen LogP contribution in [0.3, 0.4) is 0 Å². The highest BCUT2D eigenvalue weighted by Crippen LogP contribution is 2.26. The van der Waals surface area contributed by atoms with Gasteiger partial charge in [-0.1, -0.05) is 13.8 Å². The lowest BCUT2D eigenvalue weighted by Crippen LogP contribution is -2.34. The molecule has 0 spiro atoms. The van der Waals surface area contributed by atoms with Crippen LogP contribution < -0.4 is 10.2 Å². The van der Waals surface area contributed by atoms with Gasteiger partial charge in [0.15, 0.2) is 0 Å². The zero-order valence-electron chi connectivity index (χ0n) is 12.9. The van der Waals surface area contributed by atoms with E-state index in [9.17, 15) is 22.8 Å².